The number of hydrogen-bond donors (Lipinski definition) is 3. The highest BCUT2D eigenvalue weighted by molar-refractivity contribution is 5.95. The number of carbonyl (C=O) groups excluding carboxylic acids is 2. The van der Waals surface area contributed by atoms with Gasteiger partial charge in [-0.15, -0.1) is 0 Å². The molecule has 3 aliphatic carbocycles. The summed E-state index contributed by atoms with van der Waals surface area (Å²) < 4.78 is 41.1. The molecule has 2 unspecified atom stereocenters. The minimum atomic E-state index is -3.20. The predicted molar refractivity (Wildman–Crippen MR) is 203 cm³/mol. The van der Waals surface area contributed by atoms with Crippen molar-refractivity contribution >= 4 is 11.8 Å². The maximum atomic E-state index is 15.5. The Morgan fingerprint density at radius 2 is 1.75 bits per heavy atom. The molecule has 7 rings (SSSR count). The highest BCUT2D eigenvalue weighted by Crippen LogP contribution is 2.47. The molecule has 0 bridgehead atoms. The number of aliphatic hydroxyl groups is 1. The summed E-state index contributed by atoms with van der Waals surface area (Å²) in [5.74, 6) is -4.30. The molecule has 4 atom stereocenters. The Hall–Kier alpha value is -4.90. The number of nitrogens with one attached hydrogen (secondary N) is 2. The number of fused-ring (bicyclic) bond motifs is 2. The third-order valence-electron chi connectivity index (χ3n) is 12.0. The Bertz CT molecular complexity index is 2110. The third-order valence-corrected chi connectivity index (χ3v) is 12.0. The molecule has 0 aromatic carbocycles. The van der Waals surface area contributed by atoms with Gasteiger partial charge in [0.1, 0.15) is 5.69 Å². The van der Waals surface area contributed by atoms with Crippen molar-refractivity contribution in [2.24, 2.45) is 11.3 Å². The van der Waals surface area contributed by atoms with E-state index >= 15 is 8.78 Å². The second-order valence-electron chi connectivity index (χ2n) is 17.3. The van der Waals surface area contributed by atoms with Crippen molar-refractivity contribution in [1.29, 1.82) is 0 Å². The molecular weight excluding hydrogens is 739 g/mol. The van der Waals surface area contributed by atoms with E-state index in [-0.39, 0.29) is 84.5 Å². The van der Waals surface area contributed by atoms with Crippen LogP contribution in [0.25, 0.3) is 11.6 Å². The number of aromatic nitrogens is 8. The maximum Gasteiger partial charge on any atom is 0.290 e. The number of ether oxygens (including phenoxy) is 1. The van der Waals surface area contributed by atoms with Crippen LogP contribution in [0.1, 0.15) is 142 Å². The first-order valence-corrected chi connectivity index (χ1v) is 19.8. The van der Waals surface area contributed by atoms with E-state index in [1.165, 1.54) is 37.2 Å². The highest BCUT2D eigenvalue weighted by atomic mass is 19.3. The standard InChI is InChI=1S/C40H52F2N10O5/c1-23(2)26-18-27(24(3)31-33(36(54)46-28(21-53)38(4,5)6)49-51(34(26)31)30-20-50(56)17-16-45-30)57-22-39(11-7-8-12-39)47-37(55)32-25-10-9-13-40(41,42)35(25)52(48-32)29-19-43-14-15-44-29/h14-17,19-20,23-24,26-28,53H,7-13,18,21-22H2,1-6H3,(H,46,54)(H,47,55)/t24-,26?,27?,28-/m1/s1. The summed E-state index contributed by atoms with van der Waals surface area (Å²) in [6.07, 6.45) is 11.4. The first kappa shape index (κ1) is 40.3. The Labute approximate surface area is 330 Å². The second kappa shape index (κ2) is 15.5. The number of rotatable bonds is 11. The van der Waals surface area contributed by atoms with E-state index in [2.05, 4.69) is 44.5 Å². The first-order valence-electron chi connectivity index (χ1n) is 19.8. The summed E-state index contributed by atoms with van der Waals surface area (Å²) in [6, 6.07) is -0.564. The number of alkyl halides is 2. The van der Waals surface area contributed by atoms with E-state index in [0.717, 1.165) is 23.2 Å². The molecular formula is C40H52F2N10O5. The topological polar surface area (TPSA) is 189 Å². The molecule has 4 heterocycles. The quantitative estimate of drug-likeness (QED) is 0.140. The van der Waals surface area contributed by atoms with Crippen molar-refractivity contribution in [3.05, 3.63) is 76.3 Å². The molecule has 57 heavy (non-hydrogen) atoms. The SMILES string of the molecule is CC(C)C1CC(OCC2(NC(=O)c3nn(-c4cnccn4)c4c3CCCC4(F)F)CCCC2)[C@@H](C)c2c(C(=O)N[C@H](CO)C(C)(C)C)nn(-c3c[n+]([O-])ccn3)c21. The van der Waals surface area contributed by atoms with Crippen molar-refractivity contribution in [1.82, 2.24) is 45.1 Å². The smallest absolute Gasteiger partial charge is 0.290 e. The number of amides is 2. The van der Waals surface area contributed by atoms with E-state index in [1.54, 1.807) is 4.68 Å². The van der Waals surface area contributed by atoms with Crippen LogP contribution in [-0.2, 0) is 17.1 Å². The summed E-state index contributed by atoms with van der Waals surface area (Å²) in [4.78, 5) is 41.0. The molecule has 0 spiro atoms. The fourth-order valence-electron chi connectivity index (χ4n) is 8.72. The zero-order valence-corrected chi connectivity index (χ0v) is 33.3. The average Bonchev–Trinajstić information content (AvgIpc) is 3.90. The number of carbonyl (C=O) groups is 2. The van der Waals surface area contributed by atoms with Gasteiger partial charge in [-0.25, -0.2) is 19.3 Å². The molecule has 1 fully saturated rings. The van der Waals surface area contributed by atoms with Crippen LogP contribution < -0.4 is 15.4 Å². The van der Waals surface area contributed by atoms with Crippen LogP contribution in [0.3, 0.4) is 0 Å². The number of aliphatic hydroxyl groups excluding tert-OH is 1. The van der Waals surface area contributed by atoms with Crippen LogP contribution in [0.5, 0.6) is 0 Å². The van der Waals surface area contributed by atoms with Gasteiger partial charge in [0.2, 0.25) is 12.0 Å². The summed E-state index contributed by atoms with van der Waals surface area (Å²) >= 11 is 0. The molecule has 0 aliphatic heterocycles. The minimum absolute atomic E-state index is 0.0507. The van der Waals surface area contributed by atoms with Crippen molar-refractivity contribution in [3.8, 4) is 11.6 Å². The zero-order chi connectivity index (χ0) is 40.9. The molecule has 3 N–H and O–H groups in total. The molecule has 15 nitrogen and oxygen atoms in total. The van der Waals surface area contributed by atoms with Gasteiger partial charge in [0, 0.05) is 41.8 Å². The van der Waals surface area contributed by atoms with Gasteiger partial charge in [0.15, 0.2) is 23.4 Å². The first-order chi connectivity index (χ1) is 27.0. The summed E-state index contributed by atoms with van der Waals surface area (Å²) in [7, 11) is 0. The minimum Gasteiger partial charge on any atom is -0.619 e. The van der Waals surface area contributed by atoms with Crippen LogP contribution in [0.15, 0.2) is 37.2 Å². The van der Waals surface area contributed by atoms with E-state index in [1.807, 2.05) is 27.7 Å². The van der Waals surface area contributed by atoms with Crippen LogP contribution in [0.4, 0.5) is 8.78 Å². The van der Waals surface area contributed by atoms with Crippen molar-refractivity contribution in [3.63, 3.8) is 0 Å². The van der Waals surface area contributed by atoms with Crippen LogP contribution in [0.2, 0.25) is 0 Å². The lowest BCUT2D eigenvalue weighted by molar-refractivity contribution is -0.605. The Kier molecular flexibility index (Phi) is 10.9. The molecule has 3 aliphatic rings. The van der Waals surface area contributed by atoms with Crippen molar-refractivity contribution in [2.45, 2.75) is 128 Å². The number of halogens is 2. The van der Waals surface area contributed by atoms with Crippen LogP contribution in [-0.4, -0.2) is 82.3 Å². The predicted octanol–water partition coefficient (Wildman–Crippen LogP) is 4.82. The van der Waals surface area contributed by atoms with Crippen molar-refractivity contribution in [2.75, 3.05) is 13.2 Å². The molecule has 4 aromatic heterocycles. The van der Waals surface area contributed by atoms with Gasteiger partial charge >= 0.3 is 0 Å². The van der Waals surface area contributed by atoms with Crippen LogP contribution in [0, 0.1) is 16.5 Å². The molecule has 17 heteroatoms. The molecule has 2 amide bonds. The monoisotopic (exact) mass is 790 g/mol. The molecule has 0 radical (unpaired) electrons. The van der Waals surface area contributed by atoms with Gasteiger partial charge < -0.3 is 25.7 Å². The Morgan fingerprint density at radius 3 is 2.40 bits per heavy atom. The lowest BCUT2D eigenvalue weighted by Gasteiger charge is -2.39. The highest BCUT2D eigenvalue weighted by Gasteiger charge is 2.47. The van der Waals surface area contributed by atoms with Gasteiger partial charge in [-0.05, 0) is 43.4 Å². The van der Waals surface area contributed by atoms with Gasteiger partial charge in [0.05, 0.1) is 49.0 Å². The largest absolute Gasteiger partial charge is 0.619 e. The average molecular weight is 791 g/mol. The lowest BCUT2D eigenvalue weighted by atomic mass is 9.73. The maximum absolute atomic E-state index is 15.5. The zero-order valence-electron chi connectivity index (χ0n) is 33.3. The summed E-state index contributed by atoms with van der Waals surface area (Å²) in [5.41, 5.74) is 0.192. The summed E-state index contributed by atoms with van der Waals surface area (Å²) in [5, 5.41) is 38.0. The van der Waals surface area contributed by atoms with Gasteiger partial charge in [-0.2, -0.15) is 23.7 Å². The molecule has 4 aromatic rings. The van der Waals surface area contributed by atoms with E-state index in [4.69, 9.17) is 9.84 Å². The lowest BCUT2D eigenvalue weighted by Crippen LogP contribution is -2.51. The number of nitrogens with zero attached hydrogens (tertiary/aromatic N) is 8. The molecule has 306 valence electrons. The van der Waals surface area contributed by atoms with Crippen molar-refractivity contribution < 1.29 is 32.9 Å². The third kappa shape index (κ3) is 7.75. The Balaban J connectivity index is 1.20. The van der Waals surface area contributed by atoms with Gasteiger partial charge in [-0.3, -0.25) is 14.6 Å². The van der Waals surface area contributed by atoms with E-state index < -0.39 is 40.8 Å². The normalized spacial score (nSPS) is 21.8. The number of hydrogen-bond acceptors (Lipinski definition) is 10. The molecule has 0 saturated heterocycles. The summed E-state index contributed by atoms with van der Waals surface area (Å²) in [6.45, 7) is 11.8. The Morgan fingerprint density at radius 1 is 1.04 bits per heavy atom. The fourth-order valence-corrected chi connectivity index (χ4v) is 8.72. The second-order valence-corrected chi connectivity index (χ2v) is 17.3. The van der Waals surface area contributed by atoms with E-state index in [9.17, 15) is 19.9 Å². The van der Waals surface area contributed by atoms with E-state index in [0.29, 0.717) is 29.6 Å². The molecule has 1 saturated carbocycles. The van der Waals surface area contributed by atoms with Crippen LogP contribution >= 0.6 is 0 Å². The van der Waals surface area contributed by atoms with Gasteiger partial charge in [-0.1, -0.05) is 54.4 Å². The fraction of sp³-hybridized carbons (Fsp3) is 0.600. The van der Waals surface area contributed by atoms with Gasteiger partial charge in [0.25, 0.3) is 17.7 Å².